The van der Waals surface area contributed by atoms with E-state index in [2.05, 4.69) is 10.6 Å². The van der Waals surface area contributed by atoms with Crippen molar-refractivity contribution < 1.29 is 27.8 Å². The molecule has 2 amide bonds. The van der Waals surface area contributed by atoms with Gasteiger partial charge in [0, 0.05) is 17.3 Å². The molecule has 0 fully saturated rings. The molecule has 0 spiro atoms. The number of rotatable bonds is 6. The number of halogens is 2. The van der Waals surface area contributed by atoms with Crippen molar-refractivity contribution in [1.82, 2.24) is 5.32 Å². The molecular weight excluding hydrogens is 334 g/mol. The highest BCUT2D eigenvalue weighted by Crippen LogP contribution is 2.27. The first-order valence-electron chi connectivity index (χ1n) is 7.19. The average molecular weight is 350 g/mol. The summed E-state index contributed by atoms with van der Waals surface area (Å²) in [7, 11) is 2.91. The van der Waals surface area contributed by atoms with Crippen molar-refractivity contribution >= 4 is 17.5 Å². The molecule has 0 saturated carbocycles. The Morgan fingerprint density at radius 3 is 2.32 bits per heavy atom. The number of hydrogen-bond acceptors (Lipinski definition) is 4. The highest BCUT2D eigenvalue weighted by molar-refractivity contribution is 5.99. The predicted molar refractivity (Wildman–Crippen MR) is 86.9 cm³/mol. The minimum atomic E-state index is -1.08. The lowest BCUT2D eigenvalue weighted by Crippen LogP contribution is -2.32. The summed E-state index contributed by atoms with van der Waals surface area (Å²) in [5.74, 6) is -2.33. The summed E-state index contributed by atoms with van der Waals surface area (Å²) in [5.41, 5.74) is 0.363. The molecule has 0 aromatic heterocycles. The molecule has 2 aromatic rings. The molecule has 2 rings (SSSR count). The molecular formula is C17H16F2N2O4. The lowest BCUT2D eigenvalue weighted by molar-refractivity contribution is -0.115. The van der Waals surface area contributed by atoms with Gasteiger partial charge in [0.25, 0.3) is 5.91 Å². The van der Waals surface area contributed by atoms with Crippen LogP contribution < -0.4 is 20.1 Å². The number of ether oxygens (including phenoxy) is 2. The Bertz CT molecular complexity index is 796. The second kappa shape index (κ2) is 8.09. The smallest absolute Gasteiger partial charge is 0.251 e. The maximum absolute atomic E-state index is 13.1. The van der Waals surface area contributed by atoms with E-state index in [9.17, 15) is 18.4 Å². The zero-order valence-electron chi connectivity index (χ0n) is 13.6. The molecule has 0 heterocycles. The van der Waals surface area contributed by atoms with Crippen molar-refractivity contribution in [2.45, 2.75) is 0 Å². The van der Waals surface area contributed by atoms with Crippen LogP contribution in [0.15, 0.2) is 36.4 Å². The largest absolute Gasteiger partial charge is 0.493 e. The normalized spacial score (nSPS) is 10.1. The molecule has 0 atom stereocenters. The van der Waals surface area contributed by atoms with Crippen molar-refractivity contribution in [2.24, 2.45) is 0 Å². The molecule has 0 bridgehead atoms. The fourth-order valence-electron chi connectivity index (χ4n) is 2.02. The first-order valence-corrected chi connectivity index (χ1v) is 7.19. The van der Waals surface area contributed by atoms with Gasteiger partial charge in [0.05, 0.1) is 20.8 Å². The van der Waals surface area contributed by atoms with Gasteiger partial charge in [-0.1, -0.05) is 0 Å². The van der Waals surface area contributed by atoms with Crippen LogP contribution in [0.4, 0.5) is 14.5 Å². The second-order valence-electron chi connectivity index (χ2n) is 4.93. The predicted octanol–water partition coefficient (Wildman–Crippen LogP) is 2.35. The zero-order valence-corrected chi connectivity index (χ0v) is 13.6. The van der Waals surface area contributed by atoms with E-state index >= 15 is 0 Å². The van der Waals surface area contributed by atoms with E-state index in [1.807, 2.05) is 0 Å². The van der Waals surface area contributed by atoms with Crippen LogP contribution in [0, 0.1) is 11.6 Å². The van der Waals surface area contributed by atoms with Crippen LogP contribution in [0.5, 0.6) is 11.5 Å². The molecule has 2 N–H and O–H groups in total. The Morgan fingerprint density at radius 2 is 1.68 bits per heavy atom. The molecule has 0 aliphatic carbocycles. The van der Waals surface area contributed by atoms with Crippen molar-refractivity contribution in [3.05, 3.63) is 53.6 Å². The van der Waals surface area contributed by atoms with E-state index in [-0.39, 0.29) is 17.8 Å². The highest BCUT2D eigenvalue weighted by atomic mass is 19.2. The summed E-state index contributed by atoms with van der Waals surface area (Å²) >= 11 is 0. The third-order valence-electron chi connectivity index (χ3n) is 3.26. The maximum atomic E-state index is 13.1. The SMILES string of the molecule is COc1ccc(C(=O)NCC(=O)Nc2ccc(F)c(F)c2)cc1OC. The minimum Gasteiger partial charge on any atom is -0.493 e. The van der Waals surface area contributed by atoms with Crippen LogP contribution in [0.25, 0.3) is 0 Å². The minimum absolute atomic E-state index is 0.0873. The summed E-state index contributed by atoms with van der Waals surface area (Å²) in [6, 6.07) is 7.52. The Morgan fingerprint density at radius 1 is 0.960 bits per heavy atom. The maximum Gasteiger partial charge on any atom is 0.251 e. The van der Waals surface area contributed by atoms with E-state index in [1.165, 1.54) is 32.4 Å². The highest BCUT2D eigenvalue weighted by Gasteiger charge is 2.12. The van der Waals surface area contributed by atoms with E-state index in [1.54, 1.807) is 6.07 Å². The number of nitrogens with one attached hydrogen (secondary N) is 2. The van der Waals surface area contributed by atoms with Crippen LogP contribution in [0.1, 0.15) is 10.4 Å². The number of hydrogen-bond donors (Lipinski definition) is 2. The number of amides is 2. The lowest BCUT2D eigenvalue weighted by atomic mass is 10.2. The summed E-state index contributed by atoms with van der Waals surface area (Å²) in [4.78, 5) is 23.9. The van der Waals surface area contributed by atoms with Crippen molar-refractivity contribution in [2.75, 3.05) is 26.1 Å². The van der Waals surface area contributed by atoms with Crippen LogP contribution in [0.3, 0.4) is 0 Å². The van der Waals surface area contributed by atoms with Crippen molar-refractivity contribution in [3.63, 3.8) is 0 Å². The quantitative estimate of drug-likeness (QED) is 0.838. The molecule has 0 radical (unpaired) electrons. The molecule has 0 unspecified atom stereocenters. The number of anilines is 1. The summed E-state index contributed by atoms with van der Waals surface area (Å²) in [6.07, 6.45) is 0. The van der Waals surface area contributed by atoms with Crippen molar-refractivity contribution in [1.29, 1.82) is 0 Å². The fourth-order valence-corrected chi connectivity index (χ4v) is 2.02. The Kier molecular flexibility index (Phi) is 5.89. The monoisotopic (exact) mass is 350 g/mol. The standard InChI is InChI=1S/C17H16F2N2O4/c1-24-14-6-3-10(7-15(14)25-2)17(23)20-9-16(22)21-11-4-5-12(18)13(19)8-11/h3-8H,9H2,1-2H3,(H,20,23)(H,21,22). The van der Waals surface area contributed by atoms with Gasteiger partial charge in [-0.2, -0.15) is 0 Å². The Balaban J connectivity index is 1.94. The zero-order chi connectivity index (χ0) is 18.4. The van der Waals surface area contributed by atoms with Gasteiger partial charge in [0.1, 0.15) is 0 Å². The number of methoxy groups -OCH3 is 2. The molecule has 6 nitrogen and oxygen atoms in total. The van der Waals surface area contributed by atoms with E-state index in [0.29, 0.717) is 11.5 Å². The third-order valence-corrected chi connectivity index (χ3v) is 3.26. The van der Waals surface area contributed by atoms with E-state index in [4.69, 9.17) is 9.47 Å². The molecule has 2 aromatic carbocycles. The van der Waals surface area contributed by atoms with Gasteiger partial charge in [0.15, 0.2) is 23.1 Å². The number of benzene rings is 2. The Labute approximate surface area is 142 Å². The first-order chi connectivity index (χ1) is 11.9. The second-order valence-corrected chi connectivity index (χ2v) is 4.93. The molecule has 132 valence electrons. The van der Waals surface area contributed by atoms with E-state index < -0.39 is 23.4 Å². The van der Waals surface area contributed by atoms with Gasteiger partial charge in [-0.25, -0.2) is 8.78 Å². The first kappa shape index (κ1) is 18.2. The van der Waals surface area contributed by atoms with Crippen LogP contribution in [-0.4, -0.2) is 32.6 Å². The fraction of sp³-hybridized carbons (Fsp3) is 0.176. The van der Waals surface area contributed by atoms with Gasteiger partial charge in [-0.3, -0.25) is 9.59 Å². The topological polar surface area (TPSA) is 76.7 Å². The molecule has 25 heavy (non-hydrogen) atoms. The van der Waals surface area contributed by atoms with Crippen molar-refractivity contribution in [3.8, 4) is 11.5 Å². The molecule has 0 saturated heterocycles. The molecule has 0 aliphatic heterocycles. The molecule has 0 aliphatic rings. The summed E-state index contributed by atoms with van der Waals surface area (Å²) in [5, 5.41) is 4.77. The van der Waals surface area contributed by atoms with Gasteiger partial charge >= 0.3 is 0 Å². The van der Waals surface area contributed by atoms with Gasteiger partial charge < -0.3 is 20.1 Å². The van der Waals surface area contributed by atoms with Gasteiger partial charge in [-0.05, 0) is 30.3 Å². The van der Waals surface area contributed by atoms with Gasteiger partial charge in [0.2, 0.25) is 5.91 Å². The Hall–Kier alpha value is -3.16. The van der Waals surface area contributed by atoms with Crippen LogP contribution in [-0.2, 0) is 4.79 Å². The number of carbonyl (C=O) groups excluding carboxylic acids is 2. The lowest BCUT2D eigenvalue weighted by Gasteiger charge is -2.10. The summed E-state index contributed by atoms with van der Waals surface area (Å²) < 4.78 is 36.1. The van der Waals surface area contributed by atoms with Crippen LogP contribution >= 0.6 is 0 Å². The van der Waals surface area contributed by atoms with Crippen LogP contribution in [0.2, 0.25) is 0 Å². The van der Waals surface area contributed by atoms with Gasteiger partial charge in [-0.15, -0.1) is 0 Å². The number of carbonyl (C=O) groups is 2. The average Bonchev–Trinajstić information content (AvgIpc) is 2.62. The summed E-state index contributed by atoms with van der Waals surface area (Å²) in [6.45, 7) is -0.341. The third kappa shape index (κ3) is 4.66. The molecule has 8 heteroatoms. The van der Waals surface area contributed by atoms with E-state index in [0.717, 1.165) is 12.1 Å².